The molecule has 1 aliphatic heterocycles. The molecule has 146 valence electrons. The van der Waals surface area contributed by atoms with Gasteiger partial charge in [0.15, 0.2) is 0 Å². The van der Waals surface area contributed by atoms with Crippen molar-refractivity contribution < 1.29 is 14.4 Å². The van der Waals surface area contributed by atoms with E-state index in [-0.39, 0.29) is 12.5 Å². The summed E-state index contributed by atoms with van der Waals surface area (Å²) >= 11 is 0. The summed E-state index contributed by atoms with van der Waals surface area (Å²) in [7, 11) is 1.67. The molecule has 6 heteroatoms. The van der Waals surface area contributed by atoms with E-state index in [1.165, 1.54) is 4.90 Å². The summed E-state index contributed by atoms with van der Waals surface area (Å²) in [4.78, 5) is 40.5. The van der Waals surface area contributed by atoms with Gasteiger partial charge in [-0.15, -0.1) is 0 Å². The topological polar surface area (TPSA) is 69.7 Å². The van der Waals surface area contributed by atoms with Crippen LogP contribution in [0.3, 0.4) is 0 Å². The maximum absolute atomic E-state index is 12.9. The molecule has 0 radical (unpaired) electrons. The van der Waals surface area contributed by atoms with Crippen LogP contribution in [0.5, 0.6) is 0 Å². The summed E-state index contributed by atoms with van der Waals surface area (Å²) in [5.41, 5.74) is 2.73. The molecule has 1 heterocycles. The van der Waals surface area contributed by atoms with Crippen LogP contribution < -0.4 is 5.32 Å². The van der Waals surface area contributed by atoms with Crippen LogP contribution >= 0.6 is 0 Å². The third-order valence-corrected chi connectivity index (χ3v) is 5.16. The Morgan fingerprint density at radius 1 is 1.00 bits per heavy atom. The highest BCUT2D eigenvalue weighted by atomic mass is 16.2. The van der Waals surface area contributed by atoms with E-state index >= 15 is 0 Å². The number of likely N-dealkylation sites (N-methyl/N-ethyl adjacent to an activating group) is 1. The highest BCUT2D eigenvalue weighted by Crippen LogP contribution is 2.29. The number of hydrogen-bond acceptors (Lipinski definition) is 3. The molecule has 0 bridgehead atoms. The predicted molar refractivity (Wildman–Crippen MR) is 106 cm³/mol. The number of carbonyl (C=O) groups is 3. The molecule has 0 saturated carbocycles. The maximum Gasteiger partial charge on any atom is 0.325 e. The molecule has 3 rings (SSSR count). The van der Waals surface area contributed by atoms with E-state index < -0.39 is 17.5 Å². The summed E-state index contributed by atoms with van der Waals surface area (Å²) < 4.78 is 0. The molecular weight excluding hydrogens is 354 g/mol. The molecule has 0 spiro atoms. The van der Waals surface area contributed by atoms with Crippen LogP contribution in [-0.2, 0) is 21.7 Å². The zero-order valence-corrected chi connectivity index (χ0v) is 16.7. The average Bonchev–Trinajstić information content (AvgIpc) is 2.88. The molecule has 1 N–H and O–H groups in total. The van der Waals surface area contributed by atoms with Gasteiger partial charge in [0.1, 0.15) is 12.1 Å². The molecule has 1 saturated heterocycles. The Bertz CT molecular complexity index is 906. The second kappa shape index (κ2) is 7.46. The number of amides is 4. The molecule has 6 nitrogen and oxygen atoms in total. The number of nitrogens with one attached hydrogen (secondary N) is 1. The Morgan fingerprint density at radius 2 is 1.54 bits per heavy atom. The molecule has 2 aromatic rings. The van der Waals surface area contributed by atoms with Gasteiger partial charge in [0.05, 0.1) is 0 Å². The highest BCUT2D eigenvalue weighted by Gasteiger charge is 2.49. The summed E-state index contributed by atoms with van der Waals surface area (Å²) in [6.45, 7) is 5.75. The van der Waals surface area contributed by atoms with Crippen LogP contribution in [0.1, 0.15) is 29.2 Å². The van der Waals surface area contributed by atoms with Crippen molar-refractivity contribution in [3.05, 3.63) is 70.8 Å². The fourth-order valence-corrected chi connectivity index (χ4v) is 3.23. The summed E-state index contributed by atoms with van der Waals surface area (Å²) in [5, 5.41) is 2.73. The van der Waals surface area contributed by atoms with Crippen molar-refractivity contribution in [2.24, 2.45) is 0 Å². The highest BCUT2D eigenvalue weighted by molar-refractivity contribution is 6.09. The van der Waals surface area contributed by atoms with Crippen molar-refractivity contribution in [3.8, 4) is 0 Å². The van der Waals surface area contributed by atoms with Gasteiger partial charge in [0, 0.05) is 13.6 Å². The Hall–Kier alpha value is -3.15. The third kappa shape index (κ3) is 3.76. The first-order chi connectivity index (χ1) is 13.2. The van der Waals surface area contributed by atoms with Crippen LogP contribution in [0, 0.1) is 13.8 Å². The second-order valence-corrected chi connectivity index (χ2v) is 7.55. The summed E-state index contributed by atoms with van der Waals surface area (Å²) in [5.74, 6) is -0.712. The fourth-order valence-electron chi connectivity index (χ4n) is 3.23. The number of benzene rings is 2. The van der Waals surface area contributed by atoms with Crippen LogP contribution in [0.2, 0.25) is 0 Å². The van der Waals surface area contributed by atoms with Crippen molar-refractivity contribution in [2.45, 2.75) is 32.9 Å². The Labute approximate surface area is 165 Å². The van der Waals surface area contributed by atoms with E-state index in [1.54, 1.807) is 14.0 Å². The molecule has 1 unspecified atom stereocenters. The first kappa shape index (κ1) is 19.6. The lowest BCUT2D eigenvalue weighted by Gasteiger charge is -2.23. The zero-order chi connectivity index (χ0) is 20.5. The quantitative estimate of drug-likeness (QED) is 0.812. The lowest BCUT2D eigenvalue weighted by Crippen LogP contribution is -2.43. The number of hydrogen-bond donors (Lipinski definition) is 1. The van der Waals surface area contributed by atoms with Crippen molar-refractivity contribution in [1.82, 2.24) is 15.1 Å². The molecule has 4 amide bonds. The van der Waals surface area contributed by atoms with E-state index in [0.717, 1.165) is 21.6 Å². The molecule has 2 aromatic carbocycles. The van der Waals surface area contributed by atoms with E-state index in [2.05, 4.69) is 5.32 Å². The smallest absolute Gasteiger partial charge is 0.325 e. The predicted octanol–water partition coefficient (Wildman–Crippen LogP) is 2.73. The Morgan fingerprint density at radius 3 is 2.11 bits per heavy atom. The maximum atomic E-state index is 12.9. The lowest BCUT2D eigenvalue weighted by molar-refractivity contribution is -0.138. The fraction of sp³-hybridized carbons (Fsp3) is 0.318. The first-order valence-corrected chi connectivity index (χ1v) is 9.21. The van der Waals surface area contributed by atoms with Gasteiger partial charge in [-0.1, -0.05) is 59.7 Å². The van der Waals surface area contributed by atoms with Gasteiger partial charge in [-0.3, -0.25) is 14.5 Å². The number of rotatable bonds is 5. The normalized spacial score (nSPS) is 18.9. The largest absolute Gasteiger partial charge is 0.340 e. The molecule has 28 heavy (non-hydrogen) atoms. The SMILES string of the molecule is Cc1ccc(CN(C)C(=O)CN2C(=O)NC(C)(c3ccc(C)cc3)C2=O)cc1. The van der Waals surface area contributed by atoms with Crippen molar-refractivity contribution in [3.63, 3.8) is 0 Å². The minimum atomic E-state index is -1.17. The van der Waals surface area contributed by atoms with E-state index in [0.29, 0.717) is 12.1 Å². The van der Waals surface area contributed by atoms with E-state index in [1.807, 2.05) is 62.4 Å². The third-order valence-electron chi connectivity index (χ3n) is 5.16. The number of aryl methyl sites for hydroxylation is 2. The van der Waals surface area contributed by atoms with Crippen LogP contribution in [0.15, 0.2) is 48.5 Å². The van der Waals surface area contributed by atoms with Crippen LogP contribution in [-0.4, -0.2) is 41.2 Å². The molecule has 1 fully saturated rings. The van der Waals surface area contributed by atoms with Gasteiger partial charge in [-0.25, -0.2) is 4.79 Å². The summed E-state index contributed by atoms with van der Waals surface area (Å²) in [6.07, 6.45) is 0. The van der Waals surface area contributed by atoms with Crippen molar-refractivity contribution in [1.29, 1.82) is 0 Å². The Kier molecular flexibility index (Phi) is 5.23. The molecule has 0 aromatic heterocycles. The number of urea groups is 1. The molecule has 0 aliphatic carbocycles. The van der Waals surface area contributed by atoms with Crippen molar-refractivity contribution >= 4 is 17.8 Å². The number of carbonyl (C=O) groups excluding carboxylic acids is 3. The average molecular weight is 379 g/mol. The zero-order valence-electron chi connectivity index (χ0n) is 16.7. The van der Waals surface area contributed by atoms with Gasteiger partial charge in [0.25, 0.3) is 5.91 Å². The Balaban J connectivity index is 1.70. The van der Waals surface area contributed by atoms with Gasteiger partial charge in [-0.05, 0) is 31.9 Å². The van der Waals surface area contributed by atoms with Gasteiger partial charge in [0.2, 0.25) is 5.91 Å². The lowest BCUT2D eigenvalue weighted by atomic mass is 9.91. The standard InChI is InChI=1S/C22H25N3O3/c1-15-5-9-17(10-6-15)13-24(4)19(26)14-25-20(27)22(3,23-21(25)28)18-11-7-16(2)8-12-18/h5-12H,13-14H2,1-4H3,(H,23,28). The van der Waals surface area contributed by atoms with Gasteiger partial charge in [-0.2, -0.15) is 0 Å². The minimum Gasteiger partial charge on any atom is -0.340 e. The number of nitrogens with zero attached hydrogens (tertiary/aromatic N) is 2. The second-order valence-electron chi connectivity index (χ2n) is 7.55. The van der Waals surface area contributed by atoms with E-state index in [9.17, 15) is 14.4 Å². The number of imide groups is 1. The van der Waals surface area contributed by atoms with Crippen LogP contribution in [0.4, 0.5) is 4.79 Å². The first-order valence-electron chi connectivity index (χ1n) is 9.21. The molecule has 1 aliphatic rings. The van der Waals surface area contributed by atoms with Gasteiger partial charge >= 0.3 is 6.03 Å². The van der Waals surface area contributed by atoms with Gasteiger partial charge < -0.3 is 10.2 Å². The minimum absolute atomic E-state index is 0.283. The van der Waals surface area contributed by atoms with Crippen LogP contribution in [0.25, 0.3) is 0 Å². The van der Waals surface area contributed by atoms with Crippen molar-refractivity contribution in [2.75, 3.05) is 13.6 Å². The van der Waals surface area contributed by atoms with E-state index in [4.69, 9.17) is 0 Å². The molecule has 1 atom stereocenters. The monoisotopic (exact) mass is 379 g/mol. The summed E-state index contributed by atoms with van der Waals surface area (Å²) in [6, 6.07) is 14.8. The molecular formula is C22H25N3O3.